The van der Waals surface area contributed by atoms with E-state index >= 15 is 0 Å². The van der Waals surface area contributed by atoms with E-state index < -0.39 is 22.2 Å². The summed E-state index contributed by atoms with van der Waals surface area (Å²) >= 11 is 0. The zero-order valence-corrected chi connectivity index (χ0v) is 15.9. The van der Waals surface area contributed by atoms with Crippen LogP contribution < -0.4 is 4.90 Å². The predicted molar refractivity (Wildman–Crippen MR) is 104 cm³/mol. The molecule has 4 rings (SSSR count). The van der Waals surface area contributed by atoms with Crippen molar-refractivity contribution in [2.45, 2.75) is 25.8 Å². The van der Waals surface area contributed by atoms with E-state index in [1.807, 2.05) is 25.8 Å². The molecule has 2 heterocycles. The Morgan fingerprint density at radius 2 is 1.68 bits per heavy atom. The highest BCUT2D eigenvalue weighted by Gasteiger charge is 2.41. The highest BCUT2D eigenvalue weighted by atomic mass is 16.6. The van der Waals surface area contributed by atoms with Gasteiger partial charge in [-0.3, -0.25) is 24.6 Å². The van der Waals surface area contributed by atoms with Crippen LogP contribution >= 0.6 is 0 Å². The van der Waals surface area contributed by atoms with Crippen LogP contribution in [0, 0.1) is 10.1 Å². The van der Waals surface area contributed by atoms with Crippen LogP contribution in [0.1, 0.15) is 45.7 Å². The predicted octanol–water partition coefficient (Wildman–Crippen LogP) is 3.63. The van der Waals surface area contributed by atoms with Crippen LogP contribution in [0.15, 0.2) is 48.7 Å². The van der Waals surface area contributed by atoms with Crippen molar-refractivity contribution >= 4 is 23.2 Å². The Labute approximate surface area is 162 Å². The molecule has 0 unspecified atom stereocenters. The van der Waals surface area contributed by atoms with Gasteiger partial charge in [-0.1, -0.05) is 32.6 Å². The molecule has 2 amide bonds. The van der Waals surface area contributed by atoms with Gasteiger partial charge in [0.05, 0.1) is 28.2 Å². The van der Waals surface area contributed by atoms with Gasteiger partial charge in [0, 0.05) is 29.9 Å². The summed E-state index contributed by atoms with van der Waals surface area (Å²) in [4.78, 5) is 39.5. The van der Waals surface area contributed by atoms with Gasteiger partial charge in [0.2, 0.25) is 0 Å². The molecule has 0 N–H and O–H groups in total. The first-order valence-electron chi connectivity index (χ1n) is 8.84. The molecule has 0 aromatic heterocycles. The molecule has 2 aliphatic heterocycles. The number of hydrogen-bond donors (Lipinski definition) is 0. The number of amides is 2. The van der Waals surface area contributed by atoms with Crippen molar-refractivity contribution in [3.05, 3.63) is 81.0 Å². The van der Waals surface area contributed by atoms with Crippen LogP contribution in [0.5, 0.6) is 0 Å². The maximum absolute atomic E-state index is 12.7. The summed E-state index contributed by atoms with van der Waals surface area (Å²) in [6.45, 7) is 7.87. The lowest BCUT2D eigenvalue weighted by molar-refractivity contribution is -0.385. The average Bonchev–Trinajstić information content (AvgIpc) is 3.00. The zero-order chi connectivity index (χ0) is 20.4. The molecule has 0 saturated heterocycles. The second-order valence-electron chi connectivity index (χ2n) is 7.63. The number of carbonyl (C=O) groups excluding carboxylic acids is 2. The third-order valence-electron chi connectivity index (χ3n) is 5.76. The fourth-order valence-corrected chi connectivity index (χ4v) is 3.97. The smallest absolute Gasteiger partial charge is 0.274 e. The van der Waals surface area contributed by atoms with Crippen LogP contribution in [0.25, 0.3) is 0 Å². The Bertz CT molecular complexity index is 1050. The molecule has 0 fully saturated rings. The third-order valence-corrected chi connectivity index (χ3v) is 5.76. The fourth-order valence-electron chi connectivity index (χ4n) is 3.97. The van der Waals surface area contributed by atoms with E-state index in [2.05, 4.69) is 6.58 Å². The Hall–Kier alpha value is -3.48. The monoisotopic (exact) mass is 377 g/mol. The number of nitro groups is 1. The topological polar surface area (TPSA) is 83.8 Å². The zero-order valence-electron chi connectivity index (χ0n) is 15.9. The van der Waals surface area contributed by atoms with Crippen LogP contribution in [-0.2, 0) is 12.0 Å². The molecule has 0 saturated carbocycles. The van der Waals surface area contributed by atoms with Gasteiger partial charge in [-0.05, 0) is 23.8 Å². The quantitative estimate of drug-likeness (QED) is 0.463. The Balaban J connectivity index is 1.80. The summed E-state index contributed by atoms with van der Waals surface area (Å²) in [5.41, 5.74) is 2.84. The molecule has 0 radical (unpaired) electrons. The largest absolute Gasteiger partial charge is 0.348 e. The molecule has 0 bridgehead atoms. The average molecular weight is 377 g/mol. The minimum Gasteiger partial charge on any atom is -0.348 e. The molecule has 2 aromatic carbocycles. The van der Waals surface area contributed by atoms with Gasteiger partial charge in [-0.25, -0.2) is 0 Å². The van der Waals surface area contributed by atoms with Gasteiger partial charge in [-0.2, -0.15) is 0 Å². The molecular weight excluding hydrogens is 358 g/mol. The first-order valence-corrected chi connectivity index (χ1v) is 8.84. The summed E-state index contributed by atoms with van der Waals surface area (Å²) in [7, 11) is 1.85. The lowest BCUT2D eigenvalue weighted by Gasteiger charge is -2.22. The molecule has 0 aliphatic carbocycles. The van der Waals surface area contributed by atoms with Crippen molar-refractivity contribution in [1.29, 1.82) is 0 Å². The molecular formula is C21H19N3O4. The summed E-state index contributed by atoms with van der Waals surface area (Å²) in [5.74, 6) is -0.873. The highest BCUT2D eigenvalue weighted by Crippen LogP contribution is 2.48. The molecule has 2 aliphatic rings. The van der Waals surface area contributed by atoms with Gasteiger partial charge in [-0.15, -0.1) is 0 Å². The number of benzene rings is 2. The molecule has 0 atom stereocenters. The number of anilines is 1. The van der Waals surface area contributed by atoms with Crippen molar-refractivity contribution in [3.8, 4) is 0 Å². The van der Waals surface area contributed by atoms with E-state index in [9.17, 15) is 19.7 Å². The number of allylic oxidation sites excluding steroid dienone is 1. The van der Waals surface area contributed by atoms with Gasteiger partial charge in [0.15, 0.2) is 0 Å². The summed E-state index contributed by atoms with van der Waals surface area (Å²) in [6.07, 6.45) is 0. The third kappa shape index (κ3) is 2.29. The van der Waals surface area contributed by atoms with Gasteiger partial charge < -0.3 is 4.90 Å². The molecule has 142 valence electrons. The maximum atomic E-state index is 12.7. The molecule has 28 heavy (non-hydrogen) atoms. The van der Waals surface area contributed by atoms with E-state index in [0.29, 0.717) is 16.7 Å². The number of nitro benzene ring substituents is 1. The van der Waals surface area contributed by atoms with E-state index in [0.717, 1.165) is 21.8 Å². The number of hydrogen-bond acceptors (Lipinski definition) is 5. The van der Waals surface area contributed by atoms with Crippen LogP contribution in [0.3, 0.4) is 0 Å². The second kappa shape index (κ2) is 5.76. The SMILES string of the molecule is C=C1N(C)c2cc(CN3C(=O)c4ccccc4C3=O)c([N+](=O)[O-])cc2C1(C)C. The van der Waals surface area contributed by atoms with Gasteiger partial charge in [0.25, 0.3) is 17.5 Å². The van der Waals surface area contributed by atoms with Gasteiger partial charge in [0.1, 0.15) is 0 Å². The van der Waals surface area contributed by atoms with E-state index in [4.69, 9.17) is 0 Å². The Morgan fingerprint density at radius 3 is 2.21 bits per heavy atom. The van der Waals surface area contributed by atoms with Crippen molar-refractivity contribution < 1.29 is 14.5 Å². The number of imide groups is 1. The minimum atomic E-state index is -0.467. The van der Waals surface area contributed by atoms with Crippen molar-refractivity contribution in [1.82, 2.24) is 4.90 Å². The Kier molecular flexibility index (Phi) is 3.68. The second-order valence-corrected chi connectivity index (χ2v) is 7.63. The van der Waals surface area contributed by atoms with Crippen molar-refractivity contribution in [3.63, 3.8) is 0 Å². The normalized spacial score (nSPS) is 17.2. The van der Waals surface area contributed by atoms with Crippen LogP contribution in [0.4, 0.5) is 11.4 Å². The number of fused-ring (bicyclic) bond motifs is 2. The van der Waals surface area contributed by atoms with Crippen molar-refractivity contribution in [2.75, 3.05) is 11.9 Å². The first-order chi connectivity index (χ1) is 13.1. The minimum absolute atomic E-state index is 0.105. The van der Waals surface area contributed by atoms with E-state index in [1.54, 1.807) is 30.3 Å². The summed E-state index contributed by atoms with van der Waals surface area (Å²) in [6, 6.07) is 9.79. The fraction of sp³-hybridized carbons (Fsp3) is 0.238. The van der Waals surface area contributed by atoms with Crippen molar-refractivity contribution in [2.24, 2.45) is 0 Å². The summed E-state index contributed by atoms with van der Waals surface area (Å²) < 4.78 is 0. The van der Waals surface area contributed by atoms with E-state index in [1.165, 1.54) is 6.07 Å². The van der Waals surface area contributed by atoms with Crippen LogP contribution in [-0.4, -0.2) is 28.7 Å². The molecule has 7 nitrogen and oxygen atoms in total. The lowest BCUT2D eigenvalue weighted by Crippen LogP contribution is -2.29. The highest BCUT2D eigenvalue weighted by molar-refractivity contribution is 6.21. The Morgan fingerprint density at radius 1 is 1.11 bits per heavy atom. The summed E-state index contributed by atoms with van der Waals surface area (Å²) in [5, 5.41) is 11.7. The number of rotatable bonds is 3. The number of nitrogens with zero attached hydrogens (tertiary/aromatic N) is 3. The molecule has 0 spiro atoms. The molecule has 7 heteroatoms. The lowest BCUT2D eigenvalue weighted by atomic mass is 9.84. The van der Waals surface area contributed by atoms with Gasteiger partial charge >= 0.3 is 0 Å². The molecule has 2 aromatic rings. The van der Waals surface area contributed by atoms with E-state index in [-0.39, 0.29) is 12.2 Å². The maximum Gasteiger partial charge on any atom is 0.274 e. The first kappa shape index (κ1) is 17.9. The standard InChI is InChI=1S/C21H19N3O4/c1-12-21(2,3)16-10-17(24(27)28)13(9-18(16)22(12)4)11-23-19(25)14-7-5-6-8-15(14)20(23)26/h5-10H,1,11H2,2-4H3. The number of carbonyl (C=O) groups is 2. The van der Waals surface area contributed by atoms with Crippen LogP contribution in [0.2, 0.25) is 0 Å². The number of likely N-dealkylation sites (N-methyl/N-ethyl adjacent to an activating group) is 1.